The Morgan fingerprint density at radius 1 is 1.16 bits per heavy atom. The summed E-state index contributed by atoms with van der Waals surface area (Å²) in [5.74, 6) is -5.52. The molecule has 0 radical (unpaired) electrons. The normalized spacial score (nSPS) is 17.3. The molecule has 1 fully saturated rings. The van der Waals surface area contributed by atoms with Crippen molar-refractivity contribution in [3.05, 3.63) is 17.7 Å². The number of hydroxylamine groups is 1. The van der Waals surface area contributed by atoms with Crippen LogP contribution in [0.25, 0.3) is 0 Å². The van der Waals surface area contributed by atoms with Crippen LogP contribution in [0.4, 0.5) is 0 Å². The van der Waals surface area contributed by atoms with E-state index in [9.17, 15) is 34.5 Å². The molecular formula is C14H15N3O8. The maximum atomic E-state index is 12.2. The number of aromatic hydroxyl groups is 3. The van der Waals surface area contributed by atoms with Gasteiger partial charge in [0, 0.05) is 12.0 Å². The highest BCUT2D eigenvalue weighted by molar-refractivity contribution is 6.05. The highest BCUT2D eigenvalue weighted by Crippen LogP contribution is 2.35. The first-order chi connectivity index (χ1) is 11.7. The smallest absolute Gasteiger partial charge is 0.263 e. The number of nitrogens with one attached hydrogen (secondary N) is 2. The molecule has 25 heavy (non-hydrogen) atoms. The minimum atomic E-state index is -1.12. The Labute approximate surface area is 140 Å². The number of benzene rings is 1. The van der Waals surface area contributed by atoms with Gasteiger partial charge in [0.25, 0.3) is 17.7 Å². The van der Waals surface area contributed by atoms with Crippen molar-refractivity contribution in [3.63, 3.8) is 0 Å². The summed E-state index contributed by atoms with van der Waals surface area (Å²) in [5.41, 5.74) is 1.08. The second-order valence-electron chi connectivity index (χ2n) is 5.28. The predicted molar refractivity (Wildman–Crippen MR) is 78.6 cm³/mol. The fraction of sp³-hybridized carbons (Fsp3) is 0.286. The van der Waals surface area contributed by atoms with Crippen LogP contribution in [0, 0.1) is 0 Å². The van der Waals surface area contributed by atoms with E-state index in [0.717, 1.165) is 12.1 Å². The molecule has 1 aromatic carbocycles. The van der Waals surface area contributed by atoms with Gasteiger partial charge in [-0.15, -0.1) is 0 Å². The Kier molecular flexibility index (Phi) is 5.08. The topological polar surface area (TPSA) is 176 Å². The molecule has 0 aromatic heterocycles. The van der Waals surface area contributed by atoms with Gasteiger partial charge < -0.3 is 20.6 Å². The van der Waals surface area contributed by atoms with Gasteiger partial charge in [-0.1, -0.05) is 0 Å². The summed E-state index contributed by atoms with van der Waals surface area (Å²) in [6.07, 6.45) is -0.113. The number of nitrogens with zero attached hydrogens (tertiary/aromatic N) is 1. The van der Waals surface area contributed by atoms with E-state index in [0.29, 0.717) is 4.90 Å². The van der Waals surface area contributed by atoms with Crippen LogP contribution in [-0.2, 0) is 14.4 Å². The third-order valence-electron chi connectivity index (χ3n) is 3.58. The van der Waals surface area contributed by atoms with E-state index >= 15 is 0 Å². The average Bonchev–Trinajstić information content (AvgIpc) is 2.58. The number of phenols is 3. The van der Waals surface area contributed by atoms with E-state index in [4.69, 9.17) is 5.21 Å². The van der Waals surface area contributed by atoms with Crippen molar-refractivity contribution in [2.45, 2.75) is 18.9 Å². The molecule has 4 amide bonds. The molecule has 0 saturated carbocycles. The molecular weight excluding hydrogens is 338 g/mol. The van der Waals surface area contributed by atoms with Crippen LogP contribution >= 0.6 is 0 Å². The minimum Gasteiger partial charge on any atom is -0.504 e. The lowest BCUT2D eigenvalue weighted by molar-refractivity contribution is -0.153. The summed E-state index contributed by atoms with van der Waals surface area (Å²) in [6.45, 7) is -0.693. The Hall–Kier alpha value is -3.34. The summed E-state index contributed by atoms with van der Waals surface area (Å²) in [5, 5.41) is 38.9. The second kappa shape index (κ2) is 7.05. The van der Waals surface area contributed by atoms with Gasteiger partial charge in [-0.3, -0.25) is 29.3 Å². The largest absolute Gasteiger partial charge is 0.504 e. The maximum Gasteiger partial charge on any atom is 0.263 e. The molecule has 1 atom stereocenters. The van der Waals surface area contributed by atoms with Crippen LogP contribution in [0.1, 0.15) is 23.2 Å². The number of phenolic OH excluding ortho intramolecular Hbond substituents is 3. The molecule has 0 spiro atoms. The maximum absolute atomic E-state index is 12.2. The van der Waals surface area contributed by atoms with Crippen molar-refractivity contribution in [2.75, 3.05) is 6.54 Å². The first-order valence-corrected chi connectivity index (χ1v) is 7.07. The molecule has 11 nitrogen and oxygen atoms in total. The molecule has 1 aliphatic rings. The van der Waals surface area contributed by atoms with Gasteiger partial charge in [0.05, 0.1) is 0 Å². The second-order valence-corrected chi connectivity index (χ2v) is 5.28. The SMILES string of the molecule is O=C(CN1C(=O)CC[C@H](NC(=O)c2cc(O)c(O)c(O)c2)C1=O)NO. The molecule has 1 saturated heterocycles. The van der Waals surface area contributed by atoms with Gasteiger partial charge in [-0.2, -0.15) is 0 Å². The fourth-order valence-corrected chi connectivity index (χ4v) is 2.29. The number of amides is 4. The van der Waals surface area contributed by atoms with Gasteiger partial charge in [0.15, 0.2) is 17.2 Å². The van der Waals surface area contributed by atoms with Gasteiger partial charge in [0.2, 0.25) is 5.91 Å². The lowest BCUT2D eigenvalue weighted by Gasteiger charge is -2.30. The zero-order valence-electron chi connectivity index (χ0n) is 12.7. The number of imide groups is 1. The summed E-state index contributed by atoms with van der Waals surface area (Å²) in [4.78, 5) is 47.9. The van der Waals surface area contributed by atoms with E-state index in [1.165, 1.54) is 5.48 Å². The summed E-state index contributed by atoms with van der Waals surface area (Å²) in [7, 11) is 0. The summed E-state index contributed by atoms with van der Waals surface area (Å²) in [6, 6.07) is 0.661. The third-order valence-corrected chi connectivity index (χ3v) is 3.58. The monoisotopic (exact) mass is 353 g/mol. The molecule has 2 rings (SSSR count). The number of hydrogen-bond donors (Lipinski definition) is 6. The van der Waals surface area contributed by atoms with Crippen molar-refractivity contribution >= 4 is 23.6 Å². The minimum absolute atomic E-state index is 0.00328. The van der Waals surface area contributed by atoms with E-state index in [2.05, 4.69) is 5.32 Å². The molecule has 0 aliphatic carbocycles. The quantitative estimate of drug-likeness (QED) is 0.165. The molecule has 1 heterocycles. The highest BCUT2D eigenvalue weighted by Gasteiger charge is 2.36. The molecule has 1 aliphatic heterocycles. The lowest BCUT2D eigenvalue weighted by atomic mass is 10.0. The van der Waals surface area contributed by atoms with E-state index in [1.54, 1.807) is 0 Å². The highest BCUT2D eigenvalue weighted by atomic mass is 16.5. The molecule has 134 valence electrons. The standard InChI is InChI=1S/C14H15N3O8/c18-8-3-6(4-9(19)12(8)22)13(23)15-7-1-2-11(21)17(14(7)24)5-10(20)16-25/h3-4,7,18-19,22,25H,1-2,5H2,(H,15,23)(H,16,20)/t7-/m0/s1. The van der Waals surface area contributed by atoms with Crippen LogP contribution in [0.3, 0.4) is 0 Å². The summed E-state index contributed by atoms with van der Waals surface area (Å²) >= 11 is 0. The first-order valence-electron chi connectivity index (χ1n) is 7.07. The van der Waals surface area contributed by atoms with Gasteiger partial charge in [0.1, 0.15) is 12.6 Å². The Morgan fingerprint density at radius 2 is 1.76 bits per heavy atom. The number of likely N-dealkylation sites (tertiary alicyclic amines) is 1. The molecule has 1 aromatic rings. The third kappa shape index (κ3) is 3.77. The molecule has 11 heteroatoms. The first kappa shape index (κ1) is 18.0. The van der Waals surface area contributed by atoms with Crippen LogP contribution in [0.15, 0.2) is 12.1 Å². The van der Waals surface area contributed by atoms with E-state index in [-0.39, 0.29) is 18.4 Å². The lowest BCUT2D eigenvalue weighted by Crippen LogP contribution is -2.56. The van der Waals surface area contributed by atoms with Gasteiger partial charge >= 0.3 is 0 Å². The molecule has 6 N–H and O–H groups in total. The van der Waals surface area contributed by atoms with Crippen molar-refractivity contribution < 1.29 is 39.7 Å². The average molecular weight is 353 g/mol. The van der Waals surface area contributed by atoms with E-state index in [1.807, 2.05) is 0 Å². The number of piperidine rings is 1. The Bertz CT molecular complexity index is 725. The summed E-state index contributed by atoms with van der Waals surface area (Å²) < 4.78 is 0. The Morgan fingerprint density at radius 3 is 2.32 bits per heavy atom. The van der Waals surface area contributed by atoms with E-state index < -0.39 is 53.5 Å². The van der Waals surface area contributed by atoms with Crippen LogP contribution in [0.5, 0.6) is 17.2 Å². The van der Waals surface area contributed by atoms with Crippen molar-refractivity contribution in [1.82, 2.24) is 15.7 Å². The van der Waals surface area contributed by atoms with Crippen LogP contribution < -0.4 is 10.8 Å². The van der Waals surface area contributed by atoms with Crippen molar-refractivity contribution in [1.29, 1.82) is 0 Å². The predicted octanol–water partition coefficient (Wildman–Crippen LogP) is -1.44. The fourth-order valence-electron chi connectivity index (χ4n) is 2.29. The molecule has 0 unspecified atom stereocenters. The van der Waals surface area contributed by atoms with Crippen LogP contribution in [-0.4, -0.2) is 61.6 Å². The number of carbonyl (C=O) groups is 4. The van der Waals surface area contributed by atoms with Crippen molar-refractivity contribution in [2.24, 2.45) is 0 Å². The number of hydrogen-bond acceptors (Lipinski definition) is 8. The number of rotatable bonds is 4. The van der Waals surface area contributed by atoms with Gasteiger partial charge in [-0.05, 0) is 18.6 Å². The van der Waals surface area contributed by atoms with Crippen LogP contribution in [0.2, 0.25) is 0 Å². The van der Waals surface area contributed by atoms with Gasteiger partial charge in [-0.25, -0.2) is 5.48 Å². The number of carbonyl (C=O) groups excluding carboxylic acids is 4. The Balaban J connectivity index is 2.14. The zero-order chi connectivity index (χ0) is 18.7. The van der Waals surface area contributed by atoms with Crippen molar-refractivity contribution in [3.8, 4) is 17.2 Å². The zero-order valence-corrected chi connectivity index (χ0v) is 12.7. The molecule has 0 bridgehead atoms.